The zero-order valence-electron chi connectivity index (χ0n) is 22.8. The van der Waals surface area contributed by atoms with Gasteiger partial charge in [-0.1, -0.05) is 78.4 Å². The maximum atomic E-state index is 5.26. The molecular formula is C32H48N2. The Morgan fingerprint density at radius 2 is 1.12 bits per heavy atom. The third-order valence-corrected chi connectivity index (χ3v) is 6.55. The molecule has 0 saturated heterocycles. The first-order valence-electron chi connectivity index (χ1n) is 13.9. The Morgan fingerprint density at radius 3 is 1.74 bits per heavy atom. The van der Waals surface area contributed by atoms with Gasteiger partial charge in [-0.15, -0.1) is 0 Å². The molecule has 0 spiro atoms. The lowest BCUT2D eigenvalue weighted by atomic mass is 10.00. The highest BCUT2D eigenvalue weighted by atomic mass is 14.8. The van der Waals surface area contributed by atoms with Gasteiger partial charge in [-0.2, -0.15) is 0 Å². The highest BCUT2D eigenvalue weighted by molar-refractivity contribution is 6.43. The maximum absolute atomic E-state index is 5.26. The minimum atomic E-state index is 0.992. The molecule has 0 saturated carbocycles. The summed E-state index contributed by atoms with van der Waals surface area (Å²) >= 11 is 0. The molecule has 34 heavy (non-hydrogen) atoms. The van der Waals surface area contributed by atoms with Gasteiger partial charge in [0.1, 0.15) is 0 Å². The van der Waals surface area contributed by atoms with Crippen LogP contribution < -0.4 is 0 Å². The Bertz CT molecular complexity index is 916. The standard InChI is InChI=1S/C32H48N2/c1-7-11-13-14-15-16-18-32(33-29-20-19-27(9-3)28(10-4)24-29)31(17-12-8-2)34-30-22-25(5)21-26(6)23-30/h19-24H,7-18H2,1-6H3. The summed E-state index contributed by atoms with van der Waals surface area (Å²) < 4.78 is 0. The van der Waals surface area contributed by atoms with E-state index in [-0.39, 0.29) is 0 Å². The van der Waals surface area contributed by atoms with Crippen molar-refractivity contribution in [1.29, 1.82) is 0 Å². The second-order valence-electron chi connectivity index (χ2n) is 9.74. The van der Waals surface area contributed by atoms with Crippen molar-refractivity contribution in [2.24, 2.45) is 9.98 Å². The SMILES string of the molecule is CCCCCCCCC(=Nc1ccc(CC)c(CC)c1)C(CCCC)=Nc1cc(C)cc(C)c1. The van der Waals surface area contributed by atoms with Crippen LogP contribution in [0.4, 0.5) is 11.4 Å². The van der Waals surface area contributed by atoms with Crippen molar-refractivity contribution in [3.8, 4) is 0 Å². The normalized spacial score (nSPS) is 12.4. The highest BCUT2D eigenvalue weighted by Crippen LogP contribution is 2.24. The number of benzene rings is 2. The molecule has 0 atom stereocenters. The van der Waals surface area contributed by atoms with Gasteiger partial charge < -0.3 is 0 Å². The third kappa shape index (κ3) is 9.57. The summed E-state index contributed by atoms with van der Waals surface area (Å²) in [5.41, 5.74) is 9.91. The maximum Gasteiger partial charge on any atom is 0.0639 e. The van der Waals surface area contributed by atoms with E-state index in [2.05, 4.69) is 77.9 Å². The van der Waals surface area contributed by atoms with E-state index in [4.69, 9.17) is 9.98 Å². The van der Waals surface area contributed by atoms with Crippen LogP contribution in [0.25, 0.3) is 0 Å². The second-order valence-corrected chi connectivity index (χ2v) is 9.74. The topological polar surface area (TPSA) is 24.7 Å². The van der Waals surface area contributed by atoms with E-state index in [1.165, 1.54) is 78.6 Å². The smallest absolute Gasteiger partial charge is 0.0639 e. The Morgan fingerprint density at radius 1 is 0.559 bits per heavy atom. The number of hydrogen-bond acceptors (Lipinski definition) is 2. The molecule has 2 nitrogen and oxygen atoms in total. The van der Waals surface area contributed by atoms with Gasteiger partial charge in [0.2, 0.25) is 0 Å². The van der Waals surface area contributed by atoms with Gasteiger partial charge in [-0.25, -0.2) is 0 Å². The first kappa shape index (κ1) is 28.0. The van der Waals surface area contributed by atoms with Crippen LogP contribution in [-0.4, -0.2) is 11.4 Å². The molecular weight excluding hydrogens is 412 g/mol. The molecule has 0 N–H and O–H groups in total. The predicted molar refractivity (Wildman–Crippen MR) is 153 cm³/mol. The van der Waals surface area contributed by atoms with Crippen molar-refractivity contribution in [2.45, 2.75) is 119 Å². The summed E-state index contributed by atoms with van der Waals surface area (Å²) in [7, 11) is 0. The first-order chi connectivity index (χ1) is 16.5. The van der Waals surface area contributed by atoms with E-state index >= 15 is 0 Å². The molecule has 2 aromatic carbocycles. The van der Waals surface area contributed by atoms with Crippen LogP contribution in [0.2, 0.25) is 0 Å². The molecule has 0 aromatic heterocycles. The minimum absolute atomic E-state index is 0.992. The number of aryl methyl sites for hydroxylation is 4. The molecule has 186 valence electrons. The summed E-state index contributed by atoms with van der Waals surface area (Å²) in [4.78, 5) is 10.5. The van der Waals surface area contributed by atoms with E-state index < -0.39 is 0 Å². The minimum Gasteiger partial charge on any atom is -0.252 e. The average molecular weight is 461 g/mol. The van der Waals surface area contributed by atoms with Crippen LogP contribution in [0.5, 0.6) is 0 Å². The van der Waals surface area contributed by atoms with Crippen LogP contribution in [0, 0.1) is 13.8 Å². The molecule has 0 bridgehead atoms. The van der Waals surface area contributed by atoms with Gasteiger partial charge >= 0.3 is 0 Å². The molecule has 2 rings (SSSR count). The number of rotatable bonds is 15. The Kier molecular flexibility index (Phi) is 12.9. The summed E-state index contributed by atoms with van der Waals surface area (Å²) in [5.74, 6) is 0. The quantitative estimate of drug-likeness (QED) is 0.186. The van der Waals surface area contributed by atoms with E-state index in [1.807, 2.05) is 0 Å². The molecule has 2 heteroatoms. The lowest BCUT2D eigenvalue weighted by Gasteiger charge is -2.13. The van der Waals surface area contributed by atoms with Gasteiger partial charge in [0, 0.05) is 0 Å². The van der Waals surface area contributed by atoms with Crippen molar-refractivity contribution in [3.05, 3.63) is 58.7 Å². The van der Waals surface area contributed by atoms with Crippen molar-refractivity contribution in [2.75, 3.05) is 0 Å². The van der Waals surface area contributed by atoms with Gasteiger partial charge in [0.05, 0.1) is 22.8 Å². The molecule has 0 heterocycles. The summed E-state index contributed by atoms with van der Waals surface area (Å²) in [6, 6.07) is 13.4. The molecule has 0 aliphatic heterocycles. The lowest BCUT2D eigenvalue weighted by Crippen LogP contribution is -2.14. The van der Waals surface area contributed by atoms with Crippen molar-refractivity contribution in [3.63, 3.8) is 0 Å². The van der Waals surface area contributed by atoms with E-state index in [1.54, 1.807) is 0 Å². The zero-order chi connectivity index (χ0) is 24.8. The molecule has 0 aliphatic carbocycles. The molecule has 0 radical (unpaired) electrons. The Labute approximate surface area is 210 Å². The fourth-order valence-electron chi connectivity index (χ4n) is 4.63. The van der Waals surface area contributed by atoms with Crippen LogP contribution in [0.3, 0.4) is 0 Å². The lowest BCUT2D eigenvalue weighted by molar-refractivity contribution is 0.616. The molecule has 2 aromatic rings. The Balaban J connectivity index is 2.42. The van der Waals surface area contributed by atoms with E-state index in [0.29, 0.717) is 0 Å². The van der Waals surface area contributed by atoms with Crippen molar-refractivity contribution < 1.29 is 0 Å². The van der Waals surface area contributed by atoms with Gasteiger partial charge in [0.25, 0.3) is 0 Å². The van der Waals surface area contributed by atoms with Gasteiger partial charge in [-0.05, 0) is 98.9 Å². The summed E-state index contributed by atoms with van der Waals surface area (Å²) in [5, 5.41) is 0. The third-order valence-electron chi connectivity index (χ3n) is 6.55. The van der Waals surface area contributed by atoms with E-state index in [0.717, 1.165) is 43.5 Å². The predicted octanol–water partition coefficient (Wildman–Crippen LogP) is 10.2. The van der Waals surface area contributed by atoms with Gasteiger partial charge in [-0.3, -0.25) is 9.98 Å². The first-order valence-corrected chi connectivity index (χ1v) is 13.9. The van der Waals surface area contributed by atoms with Crippen LogP contribution in [-0.2, 0) is 12.8 Å². The number of hydrogen-bond donors (Lipinski definition) is 0. The highest BCUT2D eigenvalue weighted by Gasteiger charge is 2.12. The molecule has 0 unspecified atom stereocenters. The molecule has 0 aliphatic rings. The fourth-order valence-corrected chi connectivity index (χ4v) is 4.63. The van der Waals surface area contributed by atoms with Crippen molar-refractivity contribution in [1.82, 2.24) is 0 Å². The summed E-state index contributed by atoms with van der Waals surface area (Å²) in [6.45, 7) is 13.3. The fraction of sp³-hybridized carbons (Fsp3) is 0.562. The van der Waals surface area contributed by atoms with Crippen LogP contribution in [0.1, 0.15) is 114 Å². The summed E-state index contributed by atoms with van der Waals surface area (Å²) in [6.07, 6.45) is 14.2. The zero-order valence-corrected chi connectivity index (χ0v) is 22.8. The number of aliphatic imine (C=N–C) groups is 2. The number of nitrogens with zero attached hydrogens (tertiary/aromatic N) is 2. The monoisotopic (exact) mass is 460 g/mol. The van der Waals surface area contributed by atoms with Crippen molar-refractivity contribution >= 4 is 22.8 Å². The van der Waals surface area contributed by atoms with Gasteiger partial charge in [0.15, 0.2) is 0 Å². The average Bonchev–Trinajstić information content (AvgIpc) is 2.82. The largest absolute Gasteiger partial charge is 0.252 e. The van der Waals surface area contributed by atoms with E-state index in [9.17, 15) is 0 Å². The second kappa shape index (κ2) is 15.6. The van der Waals surface area contributed by atoms with Crippen LogP contribution >= 0.6 is 0 Å². The van der Waals surface area contributed by atoms with Crippen LogP contribution in [0.15, 0.2) is 46.4 Å². The number of unbranched alkanes of at least 4 members (excludes halogenated alkanes) is 6. The molecule has 0 fully saturated rings. The Hall–Kier alpha value is -2.22. The molecule has 0 amide bonds.